The molecule has 0 aliphatic rings. The van der Waals surface area contributed by atoms with Crippen LogP contribution >= 0.6 is 0 Å². The summed E-state index contributed by atoms with van der Waals surface area (Å²) in [4.78, 5) is 37.9. The van der Waals surface area contributed by atoms with Crippen molar-refractivity contribution in [3.05, 3.63) is 42.1 Å². The minimum Gasteiger partial charge on any atom is -0.481 e. The molecule has 0 saturated heterocycles. The number of hydrogen-bond donors (Lipinski definition) is 3. The van der Waals surface area contributed by atoms with E-state index in [-0.39, 0.29) is 5.56 Å². The van der Waals surface area contributed by atoms with Gasteiger partial charge in [-0.05, 0) is 12.1 Å². The number of carbonyl (C=O) groups excluding carboxylic acids is 1. The molecular formula is C14H12N2O5. The van der Waals surface area contributed by atoms with Gasteiger partial charge < -0.3 is 15.5 Å². The second-order valence-corrected chi connectivity index (χ2v) is 4.34. The van der Waals surface area contributed by atoms with Crippen LogP contribution in [-0.2, 0) is 9.59 Å². The summed E-state index contributed by atoms with van der Waals surface area (Å²) < 4.78 is 0. The lowest BCUT2D eigenvalue weighted by atomic mass is 10.1. The first kappa shape index (κ1) is 14.4. The van der Waals surface area contributed by atoms with Gasteiger partial charge in [0.1, 0.15) is 6.04 Å². The Hall–Kier alpha value is -2.96. The van der Waals surface area contributed by atoms with Crippen LogP contribution in [0.3, 0.4) is 0 Å². The number of aliphatic carboxylic acids is 2. The van der Waals surface area contributed by atoms with E-state index in [4.69, 9.17) is 10.2 Å². The lowest BCUT2D eigenvalue weighted by Gasteiger charge is -2.13. The predicted molar refractivity (Wildman–Crippen MR) is 72.9 cm³/mol. The van der Waals surface area contributed by atoms with Gasteiger partial charge in [-0.15, -0.1) is 0 Å². The molecule has 7 heteroatoms. The largest absolute Gasteiger partial charge is 0.481 e. The SMILES string of the molecule is O=C(O)C[C@@H](NC(=O)c1ccnc2ccccc12)C(=O)O. The molecule has 1 aromatic heterocycles. The Bertz CT molecular complexity index is 708. The molecule has 0 fully saturated rings. The van der Waals surface area contributed by atoms with Crippen LogP contribution in [0.1, 0.15) is 16.8 Å². The minimum atomic E-state index is -1.48. The number of carboxylic acids is 2. The highest BCUT2D eigenvalue weighted by Gasteiger charge is 2.24. The number of nitrogens with one attached hydrogen (secondary N) is 1. The molecule has 21 heavy (non-hydrogen) atoms. The van der Waals surface area contributed by atoms with Gasteiger partial charge in [0.15, 0.2) is 0 Å². The molecule has 0 aliphatic heterocycles. The molecule has 7 nitrogen and oxygen atoms in total. The number of aromatic nitrogens is 1. The van der Waals surface area contributed by atoms with Gasteiger partial charge in [-0.25, -0.2) is 4.79 Å². The Labute approximate surface area is 119 Å². The van der Waals surface area contributed by atoms with Gasteiger partial charge in [0, 0.05) is 11.6 Å². The highest BCUT2D eigenvalue weighted by atomic mass is 16.4. The van der Waals surface area contributed by atoms with Gasteiger partial charge in [0.2, 0.25) is 0 Å². The van der Waals surface area contributed by atoms with E-state index in [1.165, 1.54) is 12.3 Å². The standard InChI is InChI=1S/C14H12N2O5/c17-12(18)7-11(14(20)21)16-13(19)9-5-6-15-10-4-2-1-3-8(9)10/h1-6,11H,7H2,(H,16,19)(H,17,18)(H,20,21)/t11-/m1/s1. The maximum Gasteiger partial charge on any atom is 0.326 e. The molecule has 3 N–H and O–H groups in total. The molecule has 1 amide bonds. The average molecular weight is 288 g/mol. The van der Waals surface area contributed by atoms with Crippen LogP contribution in [0.5, 0.6) is 0 Å². The average Bonchev–Trinajstić information content (AvgIpc) is 2.45. The van der Waals surface area contributed by atoms with Gasteiger partial charge in [0.05, 0.1) is 17.5 Å². The number of carboxylic acid groups (broad SMARTS) is 2. The number of carbonyl (C=O) groups is 3. The van der Waals surface area contributed by atoms with Crippen LogP contribution in [-0.4, -0.2) is 39.1 Å². The molecule has 0 unspecified atom stereocenters. The third kappa shape index (κ3) is 3.33. The maximum atomic E-state index is 12.2. The summed E-state index contributed by atoms with van der Waals surface area (Å²) in [5.41, 5.74) is 0.840. The summed E-state index contributed by atoms with van der Waals surface area (Å²) in [6, 6.07) is 6.87. The Morgan fingerprint density at radius 2 is 1.86 bits per heavy atom. The van der Waals surface area contributed by atoms with Crippen LogP contribution in [0, 0.1) is 0 Å². The molecule has 0 aliphatic carbocycles. The van der Waals surface area contributed by atoms with E-state index >= 15 is 0 Å². The fourth-order valence-electron chi connectivity index (χ4n) is 1.90. The molecule has 0 bridgehead atoms. The van der Waals surface area contributed by atoms with Gasteiger partial charge in [-0.3, -0.25) is 14.6 Å². The number of hydrogen-bond acceptors (Lipinski definition) is 4. The van der Waals surface area contributed by atoms with Crippen molar-refractivity contribution >= 4 is 28.7 Å². The Morgan fingerprint density at radius 1 is 1.14 bits per heavy atom. The molecule has 2 aromatic rings. The molecule has 108 valence electrons. The number of nitrogens with zero attached hydrogens (tertiary/aromatic N) is 1. The van der Waals surface area contributed by atoms with Gasteiger partial charge in [-0.2, -0.15) is 0 Å². The first-order valence-electron chi connectivity index (χ1n) is 6.08. The van der Waals surface area contributed by atoms with E-state index < -0.39 is 30.3 Å². The van der Waals surface area contributed by atoms with Crippen molar-refractivity contribution in [2.75, 3.05) is 0 Å². The Balaban J connectivity index is 2.29. The van der Waals surface area contributed by atoms with Crippen LogP contribution in [0.15, 0.2) is 36.5 Å². The van der Waals surface area contributed by atoms with E-state index in [0.29, 0.717) is 10.9 Å². The zero-order valence-electron chi connectivity index (χ0n) is 10.8. The monoisotopic (exact) mass is 288 g/mol. The smallest absolute Gasteiger partial charge is 0.326 e. The second kappa shape index (κ2) is 6.00. The highest BCUT2D eigenvalue weighted by Crippen LogP contribution is 2.16. The molecule has 1 heterocycles. The first-order valence-corrected chi connectivity index (χ1v) is 6.08. The number of rotatable bonds is 5. The summed E-state index contributed by atoms with van der Waals surface area (Å²) in [5, 5.41) is 20.4. The van der Waals surface area contributed by atoms with Crippen molar-refractivity contribution in [1.82, 2.24) is 10.3 Å². The first-order chi connectivity index (χ1) is 9.99. The van der Waals surface area contributed by atoms with Crippen LogP contribution in [0.4, 0.5) is 0 Å². The van der Waals surface area contributed by atoms with Gasteiger partial charge >= 0.3 is 11.9 Å². The zero-order valence-corrected chi connectivity index (χ0v) is 10.8. The van der Waals surface area contributed by atoms with Crippen molar-refractivity contribution in [3.8, 4) is 0 Å². The normalized spacial score (nSPS) is 11.8. The maximum absolute atomic E-state index is 12.2. The van der Waals surface area contributed by atoms with E-state index in [0.717, 1.165) is 0 Å². The van der Waals surface area contributed by atoms with Gasteiger partial charge in [0.25, 0.3) is 5.91 Å². The molecule has 0 saturated carbocycles. The third-order valence-corrected chi connectivity index (χ3v) is 2.88. The van der Waals surface area contributed by atoms with E-state index in [1.54, 1.807) is 24.3 Å². The van der Waals surface area contributed by atoms with Crippen molar-refractivity contribution in [2.24, 2.45) is 0 Å². The lowest BCUT2D eigenvalue weighted by Crippen LogP contribution is -2.42. The number of para-hydroxylation sites is 1. The number of pyridine rings is 1. The number of benzene rings is 1. The summed E-state index contributed by atoms with van der Waals surface area (Å²) in [7, 11) is 0. The van der Waals surface area contributed by atoms with Crippen molar-refractivity contribution in [1.29, 1.82) is 0 Å². The molecule has 0 radical (unpaired) electrons. The molecule has 2 rings (SSSR count). The summed E-state index contributed by atoms with van der Waals surface area (Å²) in [6.07, 6.45) is 0.744. The Kier molecular flexibility index (Phi) is 4.13. The predicted octanol–water partition coefficient (Wildman–Crippen LogP) is 0.892. The summed E-state index contributed by atoms with van der Waals surface area (Å²) in [5.74, 6) is -3.35. The van der Waals surface area contributed by atoms with Gasteiger partial charge in [-0.1, -0.05) is 18.2 Å². The topological polar surface area (TPSA) is 117 Å². The van der Waals surface area contributed by atoms with E-state index in [2.05, 4.69) is 10.3 Å². The lowest BCUT2D eigenvalue weighted by molar-refractivity contribution is -0.145. The molecule has 0 spiro atoms. The minimum absolute atomic E-state index is 0.247. The second-order valence-electron chi connectivity index (χ2n) is 4.34. The molecular weight excluding hydrogens is 276 g/mol. The number of amides is 1. The number of fused-ring (bicyclic) bond motifs is 1. The fraction of sp³-hybridized carbons (Fsp3) is 0.143. The van der Waals surface area contributed by atoms with Crippen LogP contribution in [0.2, 0.25) is 0 Å². The molecule has 1 aromatic carbocycles. The van der Waals surface area contributed by atoms with E-state index in [9.17, 15) is 14.4 Å². The summed E-state index contributed by atoms with van der Waals surface area (Å²) >= 11 is 0. The van der Waals surface area contributed by atoms with E-state index in [1.807, 2.05) is 0 Å². The molecule has 1 atom stereocenters. The highest BCUT2D eigenvalue weighted by molar-refractivity contribution is 6.07. The summed E-state index contributed by atoms with van der Waals surface area (Å²) in [6.45, 7) is 0. The van der Waals surface area contributed by atoms with Crippen molar-refractivity contribution < 1.29 is 24.6 Å². The third-order valence-electron chi connectivity index (χ3n) is 2.88. The fourth-order valence-corrected chi connectivity index (χ4v) is 1.90. The Morgan fingerprint density at radius 3 is 2.52 bits per heavy atom. The zero-order chi connectivity index (χ0) is 15.4. The quantitative estimate of drug-likeness (QED) is 0.752. The van der Waals surface area contributed by atoms with Crippen LogP contribution < -0.4 is 5.32 Å². The van der Waals surface area contributed by atoms with Crippen molar-refractivity contribution in [3.63, 3.8) is 0 Å². The van der Waals surface area contributed by atoms with Crippen molar-refractivity contribution in [2.45, 2.75) is 12.5 Å². The van der Waals surface area contributed by atoms with Crippen LogP contribution in [0.25, 0.3) is 10.9 Å².